The standard InChI is InChI=1S/C18H21NO2S/c1-12(9-13-7-8-22-11-13)19-18(20)16-10-15(16)14-5-3-4-6-17(14)21-2/h3-8,11-12,15-16H,9-10H2,1-2H3,(H,19,20)/t12-,15+,16-/m1/s1. The molecule has 0 bridgehead atoms. The first-order valence-electron chi connectivity index (χ1n) is 7.63. The number of thiophene rings is 1. The first-order chi connectivity index (χ1) is 10.7. The Labute approximate surface area is 135 Å². The van der Waals surface area contributed by atoms with E-state index in [9.17, 15) is 4.79 Å². The van der Waals surface area contributed by atoms with Gasteiger partial charge in [-0.3, -0.25) is 4.79 Å². The van der Waals surface area contributed by atoms with Crippen LogP contribution in [0.2, 0.25) is 0 Å². The van der Waals surface area contributed by atoms with Crippen LogP contribution in [-0.2, 0) is 11.2 Å². The average Bonchev–Trinajstić information content (AvgIpc) is 3.17. The molecular formula is C18H21NO2S. The molecule has 116 valence electrons. The number of rotatable bonds is 6. The van der Waals surface area contributed by atoms with Crippen LogP contribution in [0.1, 0.15) is 30.4 Å². The molecule has 1 aliphatic carbocycles. The Morgan fingerprint density at radius 2 is 2.23 bits per heavy atom. The quantitative estimate of drug-likeness (QED) is 0.884. The maximum Gasteiger partial charge on any atom is 0.223 e. The molecule has 1 aromatic carbocycles. The molecule has 1 heterocycles. The Morgan fingerprint density at radius 3 is 2.95 bits per heavy atom. The molecule has 3 nitrogen and oxygen atoms in total. The van der Waals surface area contributed by atoms with Crippen molar-refractivity contribution in [2.75, 3.05) is 7.11 Å². The molecule has 1 fully saturated rings. The fourth-order valence-electron chi connectivity index (χ4n) is 2.96. The number of hydrogen-bond acceptors (Lipinski definition) is 3. The maximum absolute atomic E-state index is 12.4. The summed E-state index contributed by atoms with van der Waals surface area (Å²) < 4.78 is 5.40. The highest BCUT2D eigenvalue weighted by molar-refractivity contribution is 7.07. The number of nitrogens with one attached hydrogen (secondary N) is 1. The smallest absolute Gasteiger partial charge is 0.223 e. The number of ether oxygens (including phenoxy) is 1. The summed E-state index contributed by atoms with van der Waals surface area (Å²) in [5, 5.41) is 7.35. The van der Waals surface area contributed by atoms with E-state index in [-0.39, 0.29) is 17.9 Å². The second-order valence-electron chi connectivity index (χ2n) is 5.94. The number of methoxy groups -OCH3 is 1. The molecule has 1 saturated carbocycles. The van der Waals surface area contributed by atoms with Gasteiger partial charge in [0.05, 0.1) is 7.11 Å². The molecule has 1 amide bonds. The van der Waals surface area contributed by atoms with Gasteiger partial charge in [0.25, 0.3) is 0 Å². The van der Waals surface area contributed by atoms with E-state index in [1.54, 1.807) is 18.4 Å². The van der Waals surface area contributed by atoms with Crippen LogP contribution >= 0.6 is 11.3 Å². The number of carbonyl (C=O) groups is 1. The van der Waals surface area contributed by atoms with Crippen molar-refractivity contribution in [3.8, 4) is 5.75 Å². The largest absolute Gasteiger partial charge is 0.496 e. The summed E-state index contributed by atoms with van der Waals surface area (Å²) in [6.07, 6.45) is 1.80. The third-order valence-electron chi connectivity index (χ3n) is 4.18. The van der Waals surface area contributed by atoms with Gasteiger partial charge in [0.1, 0.15) is 5.75 Å². The van der Waals surface area contributed by atoms with Crippen molar-refractivity contribution in [1.82, 2.24) is 5.32 Å². The summed E-state index contributed by atoms with van der Waals surface area (Å²) in [6.45, 7) is 2.07. The van der Waals surface area contributed by atoms with Crippen molar-refractivity contribution in [2.45, 2.75) is 31.7 Å². The summed E-state index contributed by atoms with van der Waals surface area (Å²) in [5.74, 6) is 1.43. The highest BCUT2D eigenvalue weighted by Crippen LogP contribution is 2.50. The third-order valence-corrected chi connectivity index (χ3v) is 4.91. The van der Waals surface area contributed by atoms with Gasteiger partial charge in [0.2, 0.25) is 5.91 Å². The Balaban J connectivity index is 1.56. The monoisotopic (exact) mass is 315 g/mol. The van der Waals surface area contributed by atoms with E-state index < -0.39 is 0 Å². The van der Waals surface area contributed by atoms with Crippen LogP contribution in [0.4, 0.5) is 0 Å². The van der Waals surface area contributed by atoms with Crippen LogP contribution in [0.3, 0.4) is 0 Å². The summed E-state index contributed by atoms with van der Waals surface area (Å²) in [5.41, 5.74) is 2.44. The van der Waals surface area contributed by atoms with E-state index in [1.807, 2.05) is 18.2 Å². The highest BCUT2D eigenvalue weighted by Gasteiger charge is 2.45. The molecule has 0 unspecified atom stereocenters. The predicted octanol–water partition coefficient (Wildman–Crippen LogP) is 3.61. The Morgan fingerprint density at radius 1 is 1.41 bits per heavy atom. The number of para-hydroxylation sites is 1. The van der Waals surface area contributed by atoms with Crippen LogP contribution in [-0.4, -0.2) is 19.1 Å². The van der Waals surface area contributed by atoms with Crippen molar-refractivity contribution in [3.05, 3.63) is 52.2 Å². The predicted molar refractivity (Wildman–Crippen MR) is 89.5 cm³/mol. The van der Waals surface area contributed by atoms with Gasteiger partial charge < -0.3 is 10.1 Å². The molecule has 0 radical (unpaired) electrons. The van der Waals surface area contributed by atoms with E-state index in [2.05, 4.69) is 35.1 Å². The minimum Gasteiger partial charge on any atom is -0.496 e. The molecule has 22 heavy (non-hydrogen) atoms. The minimum absolute atomic E-state index is 0.0845. The van der Waals surface area contributed by atoms with Crippen LogP contribution < -0.4 is 10.1 Å². The molecule has 0 saturated heterocycles. The summed E-state index contributed by atoms with van der Waals surface area (Å²) in [4.78, 5) is 12.4. The third kappa shape index (κ3) is 3.33. The van der Waals surface area contributed by atoms with Gasteiger partial charge in [-0.25, -0.2) is 0 Å². The molecule has 3 atom stereocenters. The van der Waals surface area contributed by atoms with E-state index >= 15 is 0 Å². The minimum atomic E-state index is 0.0845. The van der Waals surface area contributed by atoms with Gasteiger partial charge in [-0.05, 0) is 59.7 Å². The van der Waals surface area contributed by atoms with Crippen LogP contribution in [0, 0.1) is 5.92 Å². The SMILES string of the molecule is COc1ccccc1[C@@H]1C[C@H]1C(=O)N[C@H](C)Cc1ccsc1. The number of amides is 1. The average molecular weight is 315 g/mol. The first-order valence-corrected chi connectivity index (χ1v) is 8.57. The second kappa shape index (κ2) is 6.53. The normalized spacial score (nSPS) is 21.2. The van der Waals surface area contributed by atoms with Crippen molar-refractivity contribution < 1.29 is 9.53 Å². The fourth-order valence-corrected chi connectivity index (χ4v) is 3.65. The lowest BCUT2D eigenvalue weighted by Gasteiger charge is -2.13. The maximum atomic E-state index is 12.4. The van der Waals surface area contributed by atoms with Crippen molar-refractivity contribution in [3.63, 3.8) is 0 Å². The van der Waals surface area contributed by atoms with Crippen molar-refractivity contribution in [1.29, 1.82) is 0 Å². The Hall–Kier alpha value is -1.81. The summed E-state index contributed by atoms with van der Waals surface area (Å²) in [6, 6.07) is 10.3. The van der Waals surface area contributed by atoms with Crippen LogP contribution in [0.25, 0.3) is 0 Å². The van der Waals surface area contributed by atoms with E-state index in [0.29, 0.717) is 5.92 Å². The van der Waals surface area contributed by atoms with Gasteiger partial charge >= 0.3 is 0 Å². The van der Waals surface area contributed by atoms with Gasteiger partial charge in [0, 0.05) is 12.0 Å². The van der Waals surface area contributed by atoms with Crippen LogP contribution in [0.5, 0.6) is 5.75 Å². The summed E-state index contributed by atoms with van der Waals surface area (Å²) >= 11 is 1.69. The van der Waals surface area contributed by atoms with E-state index in [1.165, 1.54) is 5.56 Å². The zero-order valence-electron chi connectivity index (χ0n) is 12.9. The molecule has 1 aromatic heterocycles. The van der Waals surface area contributed by atoms with E-state index in [0.717, 1.165) is 24.2 Å². The fraction of sp³-hybridized carbons (Fsp3) is 0.389. The van der Waals surface area contributed by atoms with Crippen LogP contribution in [0.15, 0.2) is 41.1 Å². The first kappa shape index (κ1) is 15.1. The highest BCUT2D eigenvalue weighted by atomic mass is 32.1. The molecular weight excluding hydrogens is 294 g/mol. The lowest BCUT2D eigenvalue weighted by atomic mass is 10.1. The Kier molecular flexibility index (Phi) is 4.48. The topological polar surface area (TPSA) is 38.3 Å². The zero-order valence-corrected chi connectivity index (χ0v) is 13.7. The van der Waals surface area contributed by atoms with Gasteiger partial charge in [-0.15, -0.1) is 0 Å². The van der Waals surface area contributed by atoms with Gasteiger partial charge in [-0.2, -0.15) is 11.3 Å². The van der Waals surface area contributed by atoms with Gasteiger partial charge in [0.15, 0.2) is 0 Å². The number of carbonyl (C=O) groups excluding carboxylic acids is 1. The molecule has 2 aromatic rings. The Bertz CT molecular complexity index is 638. The number of benzene rings is 1. The van der Waals surface area contributed by atoms with Crippen molar-refractivity contribution in [2.24, 2.45) is 5.92 Å². The lowest BCUT2D eigenvalue weighted by Crippen LogP contribution is -2.35. The molecule has 1 aliphatic rings. The van der Waals surface area contributed by atoms with Crippen molar-refractivity contribution >= 4 is 17.2 Å². The summed E-state index contributed by atoms with van der Waals surface area (Å²) in [7, 11) is 1.68. The van der Waals surface area contributed by atoms with E-state index in [4.69, 9.17) is 4.74 Å². The van der Waals surface area contributed by atoms with Gasteiger partial charge in [-0.1, -0.05) is 18.2 Å². The second-order valence-corrected chi connectivity index (χ2v) is 6.72. The lowest BCUT2D eigenvalue weighted by molar-refractivity contribution is -0.123. The molecule has 4 heteroatoms. The molecule has 0 spiro atoms. The number of hydrogen-bond donors (Lipinski definition) is 1. The zero-order chi connectivity index (χ0) is 15.5. The molecule has 0 aliphatic heterocycles. The molecule has 3 rings (SSSR count). The molecule has 1 N–H and O–H groups in total.